The van der Waals surface area contributed by atoms with Gasteiger partial charge in [0.25, 0.3) is 0 Å². The molecule has 0 unspecified atom stereocenters. The van der Waals surface area contributed by atoms with Gasteiger partial charge >= 0.3 is 0 Å². The Balaban J connectivity index is 1.55. The molecule has 98 valence electrons. The molecule has 3 nitrogen and oxygen atoms in total. The number of rotatable bonds is 6. The molecule has 18 heavy (non-hydrogen) atoms. The van der Waals surface area contributed by atoms with E-state index in [1.165, 1.54) is 43.5 Å². The smallest absolute Gasteiger partial charge is 0.0547 e. The molecule has 1 aromatic rings. The highest BCUT2D eigenvalue weighted by molar-refractivity contribution is 5.11. The average Bonchev–Trinajstić information content (AvgIpc) is 3.08. The van der Waals surface area contributed by atoms with Crippen molar-refractivity contribution >= 4 is 0 Å². The van der Waals surface area contributed by atoms with E-state index in [1.54, 1.807) is 0 Å². The maximum Gasteiger partial charge on any atom is 0.0547 e. The Morgan fingerprint density at radius 2 is 2.00 bits per heavy atom. The molecule has 0 amide bonds. The lowest BCUT2D eigenvalue weighted by Crippen LogP contribution is -2.36. The standard InChI is InChI=1S/C15H23N3/c1-18(15-6-3-7-15)11-14-5-2-4-13(17-14)10-16-12-8-9-12/h2,4-5,12,15-16H,3,6-11H2,1H3. The second kappa shape index (κ2) is 5.37. The van der Waals surface area contributed by atoms with E-state index < -0.39 is 0 Å². The zero-order chi connectivity index (χ0) is 12.4. The molecule has 0 spiro atoms. The zero-order valence-electron chi connectivity index (χ0n) is 11.2. The molecule has 0 aliphatic heterocycles. The van der Waals surface area contributed by atoms with Crippen LogP contribution in [0.25, 0.3) is 0 Å². The van der Waals surface area contributed by atoms with Crippen LogP contribution in [-0.2, 0) is 13.1 Å². The predicted molar refractivity (Wildman–Crippen MR) is 73.2 cm³/mol. The summed E-state index contributed by atoms with van der Waals surface area (Å²) in [5.74, 6) is 0. The molecule has 3 rings (SSSR count). The molecule has 2 fully saturated rings. The first kappa shape index (κ1) is 12.1. The van der Waals surface area contributed by atoms with Gasteiger partial charge in [-0.25, -0.2) is 0 Å². The molecule has 1 aromatic heterocycles. The van der Waals surface area contributed by atoms with Gasteiger partial charge in [0.1, 0.15) is 0 Å². The number of nitrogens with zero attached hydrogens (tertiary/aromatic N) is 2. The van der Waals surface area contributed by atoms with Gasteiger partial charge in [-0.1, -0.05) is 12.5 Å². The monoisotopic (exact) mass is 245 g/mol. The number of hydrogen-bond acceptors (Lipinski definition) is 3. The van der Waals surface area contributed by atoms with Crippen LogP contribution < -0.4 is 5.32 Å². The van der Waals surface area contributed by atoms with Gasteiger partial charge in [0, 0.05) is 25.2 Å². The molecule has 0 aromatic carbocycles. The summed E-state index contributed by atoms with van der Waals surface area (Å²) in [6.45, 7) is 1.91. The van der Waals surface area contributed by atoms with Crippen LogP contribution in [0, 0.1) is 0 Å². The molecule has 0 saturated heterocycles. The summed E-state index contributed by atoms with van der Waals surface area (Å²) >= 11 is 0. The van der Waals surface area contributed by atoms with E-state index in [1.807, 2.05) is 0 Å². The van der Waals surface area contributed by atoms with Crippen LogP contribution in [-0.4, -0.2) is 29.0 Å². The SMILES string of the molecule is CN(Cc1cccc(CNC2CC2)n1)C1CCC1. The van der Waals surface area contributed by atoms with E-state index in [4.69, 9.17) is 4.98 Å². The lowest BCUT2D eigenvalue weighted by molar-refractivity contribution is 0.151. The normalized spacial score (nSPS) is 20.1. The first-order valence-corrected chi connectivity index (χ1v) is 7.20. The van der Waals surface area contributed by atoms with Crippen molar-refractivity contribution in [1.82, 2.24) is 15.2 Å². The van der Waals surface area contributed by atoms with E-state index in [0.29, 0.717) is 0 Å². The third-order valence-corrected chi connectivity index (χ3v) is 4.12. The van der Waals surface area contributed by atoms with Gasteiger partial charge < -0.3 is 5.32 Å². The van der Waals surface area contributed by atoms with Crippen LogP contribution in [0.1, 0.15) is 43.5 Å². The van der Waals surface area contributed by atoms with Crippen molar-refractivity contribution < 1.29 is 0 Å². The quantitative estimate of drug-likeness (QED) is 0.833. The number of hydrogen-bond donors (Lipinski definition) is 1. The molecule has 0 atom stereocenters. The summed E-state index contributed by atoms with van der Waals surface area (Å²) in [6, 6.07) is 7.96. The van der Waals surface area contributed by atoms with E-state index in [9.17, 15) is 0 Å². The molecule has 3 heteroatoms. The summed E-state index contributed by atoms with van der Waals surface area (Å²) in [6.07, 6.45) is 6.79. The van der Waals surface area contributed by atoms with Crippen molar-refractivity contribution in [3.63, 3.8) is 0 Å². The Bertz CT molecular complexity index is 396. The molecule has 1 N–H and O–H groups in total. The van der Waals surface area contributed by atoms with Crippen molar-refractivity contribution in [3.05, 3.63) is 29.6 Å². The molecule has 2 aliphatic rings. The second-order valence-corrected chi connectivity index (χ2v) is 5.78. The van der Waals surface area contributed by atoms with Crippen LogP contribution in [0.15, 0.2) is 18.2 Å². The summed E-state index contributed by atoms with van der Waals surface area (Å²) in [7, 11) is 2.22. The van der Waals surface area contributed by atoms with E-state index >= 15 is 0 Å². The summed E-state index contributed by atoms with van der Waals surface area (Å²) < 4.78 is 0. The third-order valence-electron chi connectivity index (χ3n) is 4.12. The molecule has 0 bridgehead atoms. The van der Waals surface area contributed by atoms with E-state index in [0.717, 1.165) is 25.2 Å². The first-order valence-electron chi connectivity index (χ1n) is 7.20. The van der Waals surface area contributed by atoms with Gasteiger partial charge in [-0.2, -0.15) is 0 Å². The molecule has 2 aliphatic carbocycles. The van der Waals surface area contributed by atoms with Crippen molar-refractivity contribution in [2.75, 3.05) is 7.05 Å². The average molecular weight is 245 g/mol. The van der Waals surface area contributed by atoms with Crippen LogP contribution in [0.4, 0.5) is 0 Å². The van der Waals surface area contributed by atoms with Crippen molar-refractivity contribution in [2.24, 2.45) is 0 Å². The lowest BCUT2D eigenvalue weighted by atomic mass is 9.92. The number of aromatic nitrogens is 1. The van der Waals surface area contributed by atoms with Crippen molar-refractivity contribution in [2.45, 2.75) is 57.3 Å². The van der Waals surface area contributed by atoms with E-state index in [-0.39, 0.29) is 0 Å². The fourth-order valence-corrected chi connectivity index (χ4v) is 2.46. The highest BCUT2D eigenvalue weighted by Crippen LogP contribution is 2.24. The highest BCUT2D eigenvalue weighted by Gasteiger charge is 2.22. The summed E-state index contributed by atoms with van der Waals surface area (Å²) in [5, 5.41) is 3.52. The second-order valence-electron chi connectivity index (χ2n) is 5.78. The van der Waals surface area contributed by atoms with Gasteiger partial charge in [0.2, 0.25) is 0 Å². The minimum Gasteiger partial charge on any atom is -0.308 e. The third kappa shape index (κ3) is 3.09. The van der Waals surface area contributed by atoms with Gasteiger partial charge in [0.15, 0.2) is 0 Å². The van der Waals surface area contributed by atoms with Crippen LogP contribution in [0.3, 0.4) is 0 Å². The van der Waals surface area contributed by atoms with Gasteiger partial charge in [-0.15, -0.1) is 0 Å². The van der Waals surface area contributed by atoms with Gasteiger partial charge in [-0.05, 0) is 44.9 Å². The molecular formula is C15H23N3. The fraction of sp³-hybridized carbons (Fsp3) is 0.667. The fourth-order valence-electron chi connectivity index (χ4n) is 2.46. The highest BCUT2D eigenvalue weighted by atomic mass is 15.1. The molecular weight excluding hydrogens is 222 g/mol. The Morgan fingerprint density at radius 3 is 2.67 bits per heavy atom. The maximum absolute atomic E-state index is 4.75. The Hall–Kier alpha value is -0.930. The van der Waals surface area contributed by atoms with Gasteiger partial charge in [-0.3, -0.25) is 9.88 Å². The largest absolute Gasteiger partial charge is 0.308 e. The number of pyridine rings is 1. The first-order chi connectivity index (χ1) is 8.81. The van der Waals surface area contributed by atoms with Crippen LogP contribution in [0.2, 0.25) is 0 Å². The lowest BCUT2D eigenvalue weighted by Gasteiger charge is -2.34. The van der Waals surface area contributed by atoms with Crippen LogP contribution >= 0.6 is 0 Å². The van der Waals surface area contributed by atoms with Crippen LogP contribution in [0.5, 0.6) is 0 Å². The molecule has 1 heterocycles. The Labute approximate surface area is 110 Å². The minimum atomic E-state index is 0.758. The molecule has 2 saturated carbocycles. The van der Waals surface area contributed by atoms with Crippen molar-refractivity contribution in [3.8, 4) is 0 Å². The zero-order valence-corrected chi connectivity index (χ0v) is 11.2. The predicted octanol–water partition coefficient (Wildman–Crippen LogP) is 2.32. The van der Waals surface area contributed by atoms with Gasteiger partial charge in [0.05, 0.1) is 11.4 Å². The Morgan fingerprint density at radius 1 is 1.22 bits per heavy atom. The Kier molecular flexibility index (Phi) is 3.62. The molecule has 0 radical (unpaired) electrons. The minimum absolute atomic E-state index is 0.758. The summed E-state index contributed by atoms with van der Waals surface area (Å²) in [4.78, 5) is 7.20. The maximum atomic E-state index is 4.75. The number of nitrogens with one attached hydrogen (secondary N) is 1. The topological polar surface area (TPSA) is 28.2 Å². The van der Waals surface area contributed by atoms with E-state index in [2.05, 4.69) is 35.5 Å². The summed E-state index contributed by atoms with van der Waals surface area (Å²) in [5.41, 5.74) is 2.39. The van der Waals surface area contributed by atoms with Crippen molar-refractivity contribution in [1.29, 1.82) is 0 Å².